The van der Waals surface area contributed by atoms with Gasteiger partial charge >= 0.3 is 0 Å². The van der Waals surface area contributed by atoms with E-state index in [1.165, 1.54) is 0 Å². The maximum absolute atomic E-state index is 5.41. The number of halogens is 1. The molecule has 1 aromatic carbocycles. The van der Waals surface area contributed by atoms with Crippen molar-refractivity contribution in [3.05, 3.63) is 41.1 Å². The maximum Gasteiger partial charge on any atom is 0.159 e. The van der Waals surface area contributed by atoms with E-state index in [0.29, 0.717) is 12.4 Å². The average Bonchev–Trinajstić information content (AvgIpc) is 2.37. The molecule has 3 N–H and O–H groups in total. The molecule has 0 unspecified atom stereocenters. The first-order valence-corrected chi connectivity index (χ1v) is 6.11. The Balaban J connectivity index is 2.17. The van der Waals surface area contributed by atoms with Gasteiger partial charge in [0.05, 0.1) is 18.1 Å². The molecule has 4 nitrogen and oxygen atoms in total. The fourth-order valence-corrected chi connectivity index (χ4v) is 1.81. The fourth-order valence-electron chi connectivity index (χ4n) is 1.41. The van der Waals surface area contributed by atoms with E-state index < -0.39 is 0 Å². The minimum Gasteiger partial charge on any atom is -0.381 e. The van der Waals surface area contributed by atoms with Crippen molar-refractivity contribution in [2.45, 2.75) is 0 Å². The van der Waals surface area contributed by atoms with Gasteiger partial charge < -0.3 is 11.1 Å². The predicted octanol–water partition coefficient (Wildman–Crippen LogP) is 2.28. The molecule has 0 aliphatic carbocycles. The van der Waals surface area contributed by atoms with Gasteiger partial charge in [0, 0.05) is 23.1 Å². The van der Waals surface area contributed by atoms with Crippen LogP contribution in [0.1, 0.15) is 0 Å². The summed E-state index contributed by atoms with van der Waals surface area (Å²) >= 11 is 3.43. The number of aromatic nitrogens is 2. The maximum atomic E-state index is 5.41. The van der Waals surface area contributed by atoms with Crippen molar-refractivity contribution in [2.24, 2.45) is 5.73 Å². The lowest BCUT2D eigenvalue weighted by molar-refractivity contribution is 1.02. The number of hydrogen-bond donors (Lipinski definition) is 2. The Hall–Kier alpha value is -1.46. The minimum atomic E-state index is 0.591. The highest BCUT2D eigenvalue weighted by Gasteiger charge is 2.01. The molecule has 0 aliphatic rings. The fraction of sp³-hybridized carbons (Fsp3) is 0.167. The molecule has 1 aromatic heterocycles. The van der Waals surface area contributed by atoms with Gasteiger partial charge in [-0.1, -0.05) is 28.1 Å². The number of anilines is 1. The van der Waals surface area contributed by atoms with Gasteiger partial charge in [-0.3, -0.25) is 0 Å². The molecule has 2 rings (SSSR count). The van der Waals surface area contributed by atoms with Crippen LogP contribution < -0.4 is 11.1 Å². The molecule has 0 aliphatic heterocycles. The summed E-state index contributed by atoms with van der Waals surface area (Å²) in [6, 6.07) is 7.90. The summed E-state index contributed by atoms with van der Waals surface area (Å²) in [5.74, 6) is 0.713. The van der Waals surface area contributed by atoms with Crippen molar-refractivity contribution in [1.29, 1.82) is 0 Å². The summed E-state index contributed by atoms with van der Waals surface area (Å²) in [6.07, 6.45) is 3.53. The lowest BCUT2D eigenvalue weighted by Gasteiger charge is -2.05. The standard InChI is InChI=1S/C12H13BrN4/c13-10-3-1-2-9(6-10)12-16-7-11(8-17-12)15-5-4-14/h1-3,6-8,15H,4-5,14H2. The summed E-state index contributed by atoms with van der Waals surface area (Å²) < 4.78 is 1.02. The van der Waals surface area contributed by atoms with Gasteiger partial charge in [0.1, 0.15) is 0 Å². The van der Waals surface area contributed by atoms with Crippen molar-refractivity contribution >= 4 is 21.6 Å². The van der Waals surface area contributed by atoms with Crippen molar-refractivity contribution in [3.63, 3.8) is 0 Å². The first kappa shape index (κ1) is 12.0. The molecule has 0 amide bonds. The third kappa shape index (κ3) is 3.25. The number of rotatable bonds is 4. The van der Waals surface area contributed by atoms with Gasteiger partial charge in [0.15, 0.2) is 5.82 Å². The minimum absolute atomic E-state index is 0.591. The Morgan fingerprint density at radius 1 is 1.24 bits per heavy atom. The van der Waals surface area contributed by atoms with Crippen LogP contribution in [0, 0.1) is 0 Å². The van der Waals surface area contributed by atoms with Crippen LogP contribution in [0.2, 0.25) is 0 Å². The van der Waals surface area contributed by atoms with Gasteiger partial charge in [0.25, 0.3) is 0 Å². The molecule has 0 fully saturated rings. The molecule has 0 spiro atoms. The Morgan fingerprint density at radius 3 is 2.65 bits per heavy atom. The van der Waals surface area contributed by atoms with Crippen molar-refractivity contribution < 1.29 is 0 Å². The number of hydrogen-bond acceptors (Lipinski definition) is 4. The Morgan fingerprint density at radius 2 is 2.00 bits per heavy atom. The van der Waals surface area contributed by atoms with E-state index in [1.54, 1.807) is 12.4 Å². The monoisotopic (exact) mass is 292 g/mol. The molecule has 5 heteroatoms. The summed E-state index contributed by atoms with van der Waals surface area (Å²) in [4.78, 5) is 8.62. The summed E-state index contributed by atoms with van der Waals surface area (Å²) in [5.41, 5.74) is 7.28. The highest BCUT2D eigenvalue weighted by Crippen LogP contribution is 2.19. The van der Waals surface area contributed by atoms with Gasteiger partial charge in [0.2, 0.25) is 0 Å². The Bertz CT molecular complexity index is 484. The first-order chi connectivity index (χ1) is 8.29. The van der Waals surface area contributed by atoms with Crippen LogP contribution in [0.5, 0.6) is 0 Å². The lowest BCUT2D eigenvalue weighted by atomic mass is 10.2. The van der Waals surface area contributed by atoms with E-state index in [4.69, 9.17) is 5.73 Å². The molecule has 0 atom stereocenters. The van der Waals surface area contributed by atoms with Gasteiger partial charge in [-0.05, 0) is 12.1 Å². The van der Waals surface area contributed by atoms with E-state index in [2.05, 4.69) is 31.2 Å². The van der Waals surface area contributed by atoms with E-state index in [0.717, 1.165) is 22.3 Å². The zero-order valence-electron chi connectivity index (χ0n) is 9.23. The number of nitrogens with zero attached hydrogens (tertiary/aromatic N) is 2. The summed E-state index contributed by atoms with van der Waals surface area (Å²) in [6.45, 7) is 1.31. The zero-order valence-corrected chi connectivity index (χ0v) is 10.8. The first-order valence-electron chi connectivity index (χ1n) is 5.31. The average molecular weight is 293 g/mol. The smallest absolute Gasteiger partial charge is 0.159 e. The van der Waals surface area contributed by atoms with Crippen LogP contribution in [-0.2, 0) is 0 Å². The molecule has 2 aromatic rings. The largest absolute Gasteiger partial charge is 0.381 e. The van der Waals surface area contributed by atoms with Crippen LogP contribution in [0.3, 0.4) is 0 Å². The molecule has 0 saturated heterocycles. The van der Waals surface area contributed by atoms with Gasteiger partial charge in [-0.2, -0.15) is 0 Å². The lowest BCUT2D eigenvalue weighted by Crippen LogP contribution is -2.13. The number of benzene rings is 1. The molecule has 0 saturated carbocycles. The van der Waals surface area contributed by atoms with E-state index in [1.807, 2.05) is 24.3 Å². The quantitative estimate of drug-likeness (QED) is 0.907. The second-order valence-corrected chi connectivity index (χ2v) is 4.44. The van der Waals surface area contributed by atoms with Crippen LogP contribution >= 0.6 is 15.9 Å². The van der Waals surface area contributed by atoms with Crippen molar-refractivity contribution in [3.8, 4) is 11.4 Å². The van der Waals surface area contributed by atoms with Crippen LogP contribution in [0.4, 0.5) is 5.69 Å². The van der Waals surface area contributed by atoms with E-state index in [-0.39, 0.29) is 0 Å². The molecule has 1 heterocycles. The van der Waals surface area contributed by atoms with Crippen molar-refractivity contribution in [2.75, 3.05) is 18.4 Å². The predicted molar refractivity (Wildman–Crippen MR) is 72.7 cm³/mol. The highest BCUT2D eigenvalue weighted by atomic mass is 79.9. The van der Waals surface area contributed by atoms with Gasteiger partial charge in [-0.25, -0.2) is 9.97 Å². The topological polar surface area (TPSA) is 63.8 Å². The van der Waals surface area contributed by atoms with Crippen LogP contribution in [0.25, 0.3) is 11.4 Å². The Labute approximate surface area is 108 Å². The molecular formula is C12H13BrN4. The third-order valence-corrected chi connectivity index (χ3v) is 2.70. The summed E-state index contributed by atoms with van der Waals surface area (Å²) in [5, 5.41) is 3.13. The zero-order chi connectivity index (χ0) is 12.1. The highest BCUT2D eigenvalue weighted by molar-refractivity contribution is 9.10. The SMILES string of the molecule is NCCNc1cnc(-c2cccc(Br)c2)nc1. The number of nitrogens with two attached hydrogens (primary N) is 1. The number of nitrogens with one attached hydrogen (secondary N) is 1. The van der Waals surface area contributed by atoms with E-state index in [9.17, 15) is 0 Å². The normalized spacial score (nSPS) is 10.2. The third-order valence-electron chi connectivity index (χ3n) is 2.21. The molecular weight excluding hydrogens is 280 g/mol. The molecule has 0 bridgehead atoms. The Kier molecular flexibility index (Phi) is 4.06. The van der Waals surface area contributed by atoms with Crippen molar-refractivity contribution in [1.82, 2.24) is 9.97 Å². The molecule has 88 valence electrons. The molecule has 0 radical (unpaired) electrons. The molecule has 17 heavy (non-hydrogen) atoms. The summed E-state index contributed by atoms with van der Waals surface area (Å²) in [7, 11) is 0. The van der Waals surface area contributed by atoms with E-state index >= 15 is 0 Å². The van der Waals surface area contributed by atoms with Crippen LogP contribution in [0.15, 0.2) is 41.1 Å². The second-order valence-electron chi connectivity index (χ2n) is 3.52. The second kappa shape index (κ2) is 5.75. The van der Waals surface area contributed by atoms with Crippen LogP contribution in [-0.4, -0.2) is 23.1 Å². The van der Waals surface area contributed by atoms with Gasteiger partial charge in [-0.15, -0.1) is 0 Å².